The van der Waals surface area contributed by atoms with Crippen LogP contribution in [0.5, 0.6) is 0 Å². The van der Waals surface area contributed by atoms with E-state index in [2.05, 4.69) is 42.0 Å². The smallest absolute Gasteiger partial charge is 0.128 e. The number of aryl methyl sites for hydroxylation is 1. The minimum atomic E-state index is 0.118. The average Bonchev–Trinajstić information content (AvgIpc) is 3.01. The molecule has 2 heterocycles. The molecule has 21 heavy (non-hydrogen) atoms. The number of nitrogens with one attached hydrogen (secondary N) is 1. The van der Waals surface area contributed by atoms with E-state index in [0.29, 0.717) is 5.82 Å². The molecule has 4 heteroatoms. The monoisotopic (exact) mass is 290 g/mol. The number of nitrogens with two attached hydrogens (primary N) is 1. The van der Waals surface area contributed by atoms with Crippen LogP contribution in [0.2, 0.25) is 0 Å². The summed E-state index contributed by atoms with van der Waals surface area (Å²) in [6.07, 6.45) is 6.64. The van der Waals surface area contributed by atoms with Gasteiger partial charge in [0, 0.05) is 17.3 Å². The third-order valence-corrected chi connectivity index (χ3v) is 5.31. The fourth-order valence-electron chi connectivity index (χ4n) is 4.10. The number of hydrogen-bond donors (Lipinski definition) is 2. The van der Waals surface area contributed by atoms with Crippen molar-refractivity contribution in [1.29, 1.82) is 0 Å². The quantitative estimate of drug-likeness (QED) is 0.846. The number of nitrogens with zero attached hydrogens (tertiary/aromatic N) is 2. The lowest BCUT2D eigenvalue weighted by atomic mass is 9.78. The minimum Gasteiger partial charge on any atom is -0.383 e. The van der Waals surface area contributed by atoms with E-state index >= 15 is 0 Å². The lowest BCUT2D eigenvalue weighted by molar-refractivity contribution is 0.0646. The Balaban J connectivity index is 2.49. The molecule has 0 aliphatic carbocycles. The largest absolute Gasteiger partial charge is 0.383 e. The van der Waals surface area contributed by atoms with E-state index in [0.717, 1.165) is 12.8 Å². The van der Waals surface area contributed by atoms with E-state index in [1.807, 2.05) is 7.05 Å². The Morgan fingerprint density at radius 2 is 1.95 bits per heavy atom. The summed E-state index contributed by atoms with van der Waals surface area (Å²) < 4.78 is 0. The first-order valence-corrected chi connectivity index (χ1v) is 8.24. The normalized spacial score (nSPS) is 18.1. The molecule has 4 nitrogen and oxygen atoms in total. The standard InChI is InChI=1S/C17H30N4/c1-5-17(6-2,21-11-7-8-12-21)15(19-4)14-13(3)9-10-20-16(14)18/h9-10,15,19H,5-8,11-12H2,1-4H3,(H2,18,20). The third kappa shape index (κ3) is 2.79. The molecule has 0 radical (unpaired) electrons. The molecule has 2 rings (SSSR count). The van der Waals surface area contributed by atoms with Gasteiger partial charge in [-0.05, 0) is 64.4 Å². The first-order chi connectivity index (χ1) is 10.1. The summed E-state index contributed by atoms with van der Waals surface area (Å²) >= 11 is 0. The molecule has 1 aromatic heterocycles. The summed E-state index contributed by atoms with van der Waals surface area (Å²) in [5, 5.41) is 3.56. The molecule has 0 spiro atoms. The highest BCUT2D eigenvalue weighted by atomic mass is 15.2. The molecule has 1 aliphatic rings. The molecular formula is C17H30N4. The lowest BCUT2D eigenvalue weighted by Gasteiger charge is -2.47. The van der Waals surface area contributed by atoms with Crippen molar-refractivity contribution < 1.29 is 0 Å². The fourth-order valence-corrected chi connectivity index (χ4v) is 4.10. The van der Waals surface area contributed by atoms with Gasteiger partial charge in [0.1, 0.15) is 5.82 Å². The molecule has 1 aliphatic heterocycles. The van der Waals surface area contributed by atoms with Crippen LogP contribution in [0.4, 0.5) is 5.82 Å². The summed E-state index contributed by atoms with van der Waals surface area (Å²) in [6, 6.07) is 2.29. The first kappa shape index (κ1) is 16.2. The van der Waals surface area contributed by atoms with Crippen molar-refractivity contribution in [1.82, 2.24) is 15.2 Å². The molecule has 1 aromatic rings. The molecule has 1 unspecified atom stereocenters. The predicted octanol–water partition coefficient (Wildman–Crippen LogP) is 2.89. The number of pyridine rings is 1. The Kier molecular flexibility index (Phi) is 5.22. The average molecular weight is 290 g/mol. The highest BCUT2D eigenvalue weighted by Gasteiger charge is 2.43. The van der Waals surface area contributed by atoms with Crippen LogP contribution in [-0.4, -0.2) is 35.6 Å². The summed E-state index contributed by atoms with van der Waals surface area (Å²) in [4.78, 5) is 7.00. The second kappa shape index (κ2) is 6.75. The van der Waals surface area contributed by atoms with Gasteiger partial charge in [-0.3, -0.25) is 4.90 Å². The molecule has 0 bridgehead atoms. The van der Waals surface area contributed by atoms with Gasteiger partial charge in [0.05, 0.1) is 6.04 Å². The molecule has 1 fully saturated rings. The lowest BCUT2D eigenvalue weighted by Crippen LogP contribution is -2.54. The summed E-state index contributed by atoms with van der Waals surface area (Å²) in [5.74, 6) is 0.667. The van der Waals surface area contributed by atoms with Crippen molar-refractivity contribution >= 4 is 5.82 Å². The second-order valence-corrected chi connectivity index (χ2v) is 6.15. The number of likely N-dealkylation sites (N-methyl/N-ethyl adjacent to an activating group) is 1. The fraction of sp³-hybridized carbons (Fsp3) is 0.706. The highest BCUT2D eigenvalue weighted by Crippen LogP contribution is 2.41. The van der Waals surface area contributed by atoms with Gasteiger partial charge in [-0.1, -0.05) is 13.8 Å². The van der Waals surface area contributed by atoms with E-state index in [-0.39, 0.29) is 11.6 Å². The Morgan fingerprint density at radius 3 is 2.43 bits per heavy atom. The Bertz CT molecular complexity index is 442. The second-order valence-electron chi connectivity index (χ2n) is 6.15. The predicted molar refractivity (Wildman–Crippen MR) is 89.3 cm³/mol. The Labute approximate surface area is 129 Å². The van der Waals surface area contributed by atoms with E-state index in [1.165, 1.54) is 37.1 Å². The molecule has 118 valence electrons. The van der Waals surface area contributed by atoms with Crippen LogP contribution in [0.25, 0.3) is 0 Å². The molecule has 1 saturated heterocycles. The molecule has 0 amide bonds. The van der Waals surface area contributed by atoms with Crippen molar-refractivity contribution in [3.8, 4) is 0 Å². The Morgan fingerprint density at radius 1 is 1.33 bits per heavy atom. The Hall–Kier alpha value is -1.13. The van der Waals surface area contributed by atoms with Gasteiger partial charge in [-0.25, -0.2) is 4.98 Å². The number of rotatable bonds is 6. The zero-order valence-corrected chi connectivity index (χ0v) is 13.9. The molecular weight excluding hydrogens is 260 g/mol. The van der Waals surface area contributed by atoms with Crippen LogP contribution in [0.1, 0.15) is 56.7 Å². The van der Waals surface area contributed by atoms with Crippen molar-refractivity contribution in [2.75, 3.05) is 25.9 Å². The summed E-state index contributed by atoms with van der Waals surface area (Å²) in [5.41, 5.74) is 8.76. The van der Waals surface area contributed by atoms with Crippen molar-refractivity contribution in [2.24, 2.45) is 0 Å². The van der Waals surface area contributed by atoms with Crippen LogP contribution in [0, 0.1) is 6.92 Å². The molecule has 1 atom stereocenters. The van der Waals surface area contributed by atoms with Crippen LogP contribution in [-0.2, 0) is 0 Å². The van der Waals surface area contributed by atoms with Crippen LogP contribution < -0.4 is 11.1 Å². The number of aromatic nitrogens is 1. The van der Waals surface area contributed by atoms with E-state index in [9.17, 15) is 0 Å². The van der Waals surface area contributed by atoms with Gasteiger partial charge >= 0.3 is 0 Å². The zero-order valence-electron chi connectivity index (χ0n) is 13.9. The SMILES string of the molecule is CCC(CC)(C(NC)c1c(C)ccnc1N)N1CCCC1. The summed E-state index contributed by atoms with van der Waals surface area (Å²) in [7, 11) is 2.05. The van der Waals surface area contributed by atoms with E-state index in [4.69, 9.17) is 5.73 Å². The number of likely N-dealkylation sites (tertiary alicyclic amines) is 1. The zero-order chi connectivity index (χ0) is 15.5. The third-order valence-electron chi connectivity index (χ3n) is 5.31. The van der Waals surface area contributed by atoms with Gasteiger partial charge < -0.3 is 11.1 Å². The van der Waals surface area contributed by atoms with Crippen LogP contribution in [0.15, 0.2) is 12.3 Å². The maximum absolute atomic E-state index is 6.23. The first-order valence-electron chi connectivity index (χ1n) is 8.24. The van der Waals surface area contributed by atoms with Gasteiger partial charge in [0.2, 0.25) is 0 Å². The molecule has 0 saturated carbocycles. The van der Waals surface area contributed by atoms with Gasteiger partial charge in [0.25, 0.3) is 0 Å². The molecule has 3 N–H and O–H groups in total. The van der Waals surface area contributed by atoms with Crippen LogP contribution in [0.3, 0.4) is 0 Å². The van der Waals surface area contributed by atoms with Gasteiger partial charge in [0.15, 0.2) is 0 Å². The number of nitrogen functional groups attached to an aromatic ring is 1. The van der Waals surface area contributed by atoms with E-state index in [1.54, 1.807) is 6.20 Å². The molecule has 0 aromatic carbocycles. The maximum atomic E-state index is 6.23. The van der Waals surface area contributed by atoms with Gasteiger partial charge in [-0.15, -0.1) is 0 Å². The minimum absolute atomic E-state index is 0.118. The van der Waals surface area contributed by atoms with Crippen molar-refractivity contribution in [3.05, 3.63) is 23.4 Å². The van der Waals surface area contributed by atoms with Gasteiger partial charge in [-0.2, -0.15) is 0 Å². The van der Waals surface area contributed by atoms with E-state index < -0.39 is 0 Å². The number of anilines is 1. The van der Waals surface area contributed by atoms with Crippen molar-refractivity contribution in [3.63, 3.8) is 0 Å². The summed E-state index contributed by atoms with van der Waals surface area (Å²) in [6.45, 7) is 9.12. The van der Waals surface area contributed by atoms with Crippen LogP contribution >= 0.6 is 0 Å². The number of hydrogen-bond acceptors (Lipinski definition) is 4. The maximum Gasteiger partial charge on any atom is 0.128 e. The highest BCUT2D eigenvalue weighted by molar-refractivity contribution is 5.47. The van der Waals surface area contributed by atoms with Crippen molar-refractivity contribution in [2.45, 2.75) is 58.0 Å². The topological polar surface area (TPSA) is 54.2 Å².